The molecule has 5 heterocycles. The van der Waals surface area contributed by atoms with Gasteiger partial charge >= 0.3 is 126 Å². The molecule has 0 radical (unpaired) electrons. The molecular formula is C60H72K2N8O16SSi2. The number of amides is 2. The molecule has 0 aliphatic carbocycles. The van der Waals surface area contributed by atoms with Crippen molar-refractivity contribution in [3.05, 3.63) is 133 Å². The van der Waals surface area contributed by atoms with Gasteiger partial charge in [0.05, 0.1) is 0 Å². The minimum absolute atomic E-state index is 0. The van der Waals surface area contributed by atoms with Crippen molar-refractivity contribution in [2.45, 2.75) is 85.7 Å². The summed E-state index contributed by atoms with van der Waals surface area (Å²) in [6.45, 7) is 15.8. The predicted molar refractivity (Wildman–Crippen MR) is 326 cm³/mol. The number of rotatable bonds is 28. The van der Waals surface area contributed by atoms with Crippen LogP contribution in [0.4, 0.5) is 0 Å². The molecule has 89 heavy (non-hydrogen) atoms. The summed E-state index contributed by atoms with van der Waals surface area (Å²) >= 11 is 1.26. The normalized spacial score (nSPS) is 11.9. The Hall–Kier alpha value is -4.53. The zero-order chi connectivity index (χ0) is 62.4. The number of hydroxylamine groups is 2. The van der Waals surface area contributed by atoms with E-state index in [0.29, 0.717) is 118 Å². The van der Waals surface area contributed by atoms with Gasteiger partial charge in [-0.1, -0.05) is 133 Å². The van der Waals surface area contributed by atoms with E-state index in [4.69, 9.17) is 61.4 Å². The first-order valence-electron chi connectivity index (χ1n) is 28.5. The van der Waals surface area contributed by atoms with Crippen LogP contribution >= 0.6 is 11.8 Å². The fraction of sp³-hybridized carbons (Fsp3) is 0.350. The summed E-state index contributed by atoms with van der Waals surface area (Å²) in [5.41, 5.74) is 12.4. The summed E-state index contributed by atoms with van der Waals surface area (Å²) < 4.78 is 44.9. The van der Waals surface area contributed by atoms with Crippen molar-refractivity contribution in [3.63, 3.8) is 0 Å². The van der Waals surface area contributed by atoms with E-state index in [1.54, 1.807) is 36.4 Å². The van der Waals surface area contributed by atoms with Gasteiger partial charge in [0.15, 0.2) is 16.7 Å². The molecule has 0 atom stereocenters. The van der Waals surface area contributed by atoms with Gasteiger partial charge in [0.2, 0.25) is 5.12 Å². The maximum absolute atomic E-state index is 13.6. The number of aromatic nitrogens is 6. The quantitative estimate of drug-likeness (QED) is 0.0182. The summed E-state index contributed by atoms with van der Waals surface area (Å²) in [5.74, 6) is -1.47. The monoisotopic (exact) mass is 1330 g/mol. The summed E-state index contributed by atoms with van der Waals surface area (Å²) in [7, 11) is -5.09. The summed E-state index contributed by atoms with van der Waals surface area (Å²) in [6, 6.07) is 38.9. The number of benzene rings is 4. The number of pyridine rings is 2. The molecule has 8 aromatic rings. The van der Waals surface area contributed by atoms with Gasteiger partial charge in [-0.25, -0.2) is 24.0 Å². The average molecular weight is 1330 g/mol. The Labute approximate surface area is 609 Å². The van der Waals surface area contributed by atoms with Crippen LogP contribution in [0.5, 0.6) is 0 Å². The van der Waals surface area contributed by atoms with Crippen molar-refractivity contribution in [2.24, 2.45) is 5.73 Å². The molecule has 1 aliphatic heterocycles. The molecule has 4 aromatic carbocycles. The Balaban J connectivity index is 0.000000365. The third-order valence-corrected chi connectivity index (χ3v) is 19.9. The topological polar surface area (TPSA) is 315 Å². The van der Waals surface area contributed by atoms with E-state index in [0.717, 1.165) is 42.5 Å². The Morgan fingerprint density at radius 3 is 1.28 bits per heavy atom. The van der Waals surface area contributed by atoms with Gasteiger partial charge in [-0.3, -0.25) is 19.2 Å². The Bertz CT molecular complexity index is 3400. The number of hydrogen-bond acceptors (Lipinski definition) is 24. The van der Waals surface area contributed by atoms with Gasteiger partial charge in [0.25, 0.3) is 18.3 Å². The van der Waals surface area contributed by atoms with Crippen LogP contribution in [0.2, 0.25) is 12.1 Å². The van der Waals surface area contributed by atoms with Crippen molar-refractivity contribution >= 4 is 80.8 Å². The van der Waals surface area contributed by atoms with Crippen molar-refractivity contribution < 1.29 is 179 Å². The maximum atomic E-state index is 13.6. The molecule has 1 fully saturated rings. The number of thioether (sulfide) groups is 1. The van der Waals surface area contributed by atoms with Gasteiger partial charge in [-0.05, 0) is 99.1 Å². The second-order valence-electron chi connectivity index (χ2n) is 18.4. The van der Waals surface area contributed by atoms with Gasteiger partial charge in [0, 0.05) is 92.6 Å². The van der Waals surface area contributed by atoms with Crippen LogP contribution in [0.25, 0.3) is 66.8 Å². The van der Waals surface area contributed by atoms with Crippen molar-refractivity contribution in [3.8, 4) is 44.8 Å². The second kappa shape index (κ2) is 41.1. The maximum Gasteiger partial charge on any atom is 1.00 e. The van der Waals surface area contributed by atoms with E-state index in [9.17, 15) is 19.2 Å². The number of imide groups is 1. The first kappa shape index (κ1) is 76.9. The fourth-order valence-corrected chi connectivity index (χ4v) is 15.3. The molecule has 0 spiro atoms. The minimum atomic E-state index is -2.69. The smallest absolute Gasteiger partial charge is 1.00 e. The molecule has 29 heteroatoms. The van der Waals surface area contributed by atoms with E-state index in [2.05, 4.69) is 30.5 Å². The molecule has 4 aromatic heterocycles. The van der Waals surface area contributed by atoms with E-state index < -0.39 is 35.4 Å². The van der Waals surface area contributed by atoms with Crippen LogP contribution in [-0.2, 0) is 50.7 Å². The number of hydrogen-bond donors (Lipinski definition) is 1. The number of nitrogens with two attached hydrogens (primary N) is 1. The molecule has 0 saturated carbocycles. The van der Waals surface area contributed by atoms with Crippen LogP contribution in [0.1, 0.15) is 96.1 Å². The van der Waals surface area contributed by atoms with E-state index >= 15 is 0 Å². The standard InChI is InChI=1S/C28H33N3O5SSi.C22H14N4O5.C9H23NO3Si.CH2O3.2K.H/c1-4-33-38(34-5-2,35-6-3)20-14-13-19-37-28(32)26-23(21-15-9-7-10-16-21)25-27(31-36-30-25)24(29-26)22-17-11-8-12-18-22;27-15-11-12-16(28)26(15)30-22(29)20-17(13-7-3-1-4-8-13)19-21(25-31-24-19)18(23-20)14-9-5-2-6-10-14;1-4-11-14(12-5-2,13-6-3)9-7-8-10;2-1-4-3;;;/h7-12,15-18H,4-6,13-14,19-20H2,1-3H3;1-10H,11-12H2;4-10H2,1-3H3;1,3H;;;/q;;;;2*+1;-1/p-1. The molecular weight excluding hydrogens is 1260 g/mol. The molecule has 1 aliphatic rings. The van der Waals surface area contributed by atoms with Crippen LogP contribution < -0.4 is 114 Å². The molecule has 2 N–H and O–H groups in total. The third kappa shape index (κ3) is 21.8. The van der Waals surface area contributed by atoms with Crippen LogP contribution in [-0.4, -0.2) is 135 Å². The zero-order valence-corrected chi connectivity index (χ0v) is 60.4. The fourth-order valence-electron chi connectivity index (χ4n) is 9.11. The predicted octanol–water partition coefficient (Wildman–Crippen LogP) is 3.77. The molecule has 1 saturated heterocycles. The number of unbranched alkanes of at least 4 members (excludes halogenated alkanes) is 1. The number of fused-ring (bicyclic) bond motifs is 2. The third-order valence-electron chi connectivity index (χ3n) is 12.6. The SMILES string of the molecule is CCO[Si](CCCCSC(=O)c1nc(-c2ccccc2)c2nonc2c1-c1ccccc1)(OCC)OCC.CCO[Si](CCCN)(OCC)OCC.O=C(ON1C(=O)CCC1=O)c1nc(-c2ccccc2)c2nonc2c1-c1ccccc1.O=CO[O-].[H-].[K+].[K+]. The first-order valence-corrected chi connectivity index (χ1v) is 33.3. The average Bonchev–Trinajstić information content (AvgIpc) is 1.47. The second-order valence-corrected chi connectivity index (χ2v) is 24.9. The molecule has 24 nitrogen and oxygen atoms in total. The Morgan fingerprint density at radius 2 is 0.910 bits per heavy atom. The van der Waals surface area contributed by atoms with E-state index in [1.165, 1.54) is 11.8 Å². The van der Waals surface area contributed by atoms with E-state index in [-0.39, 0.29) is 134 Å². The van der Waals surface area contributed by atoms with Gasteiger partial charge < -0.3 is 48.7 Å². The Morgan fingerprint density at radius 1 is 0.562 bits per heavy atom. The molecule has 9 rings (SSSR count). The number of carbonyl (C=O) groups excluding carboxylic acids is 5. The van der Waals surface area contributed by atoms with Gasteiger partial charge in [-0.15, -0.1) is 5.06 Å². The van der Waals surface area contributed by atoms with Crippen LogP contribution in [0.15, 0.2) is 131 Å². The molecule has 0 bridgehead atoms. The minimum Gasteiger partial charge on any atom is -1.00 e. The van der Waals surface area contributed by atoms with Crippen LogP contribution in [0, 0.1) is 0 Å². The van der Waals surface area contributed by atoms with E-state index in [1.807, 2.05) is 126 Å². The van der Waals surface area contributed by atoms with Crippen LogP contribution in [0.3, 0.4) is 0 Å². The number of carbonyl (C=O) groups is 5. The van der Waals surface area contributed by atoms with Gasteiger partial charge in [0.1, 0.15) is 28.1 Å². The number of nitrogens with zero attached hydrogens (tertiary/aromatic N) is 7. The van der Waals surface area contributed by atoms with Crippen molar-refractivity contribution in [2.75, 3.05) is 51.9 Å². The summed E-state index contributed by atoms with van der Waals surface area (Å²) in [6.07, 6.45) is 2.54. The van der Waals surface area contributed by atoms with Gasteiger partial charge in [-0.2, -0.15) is 0 Å². The van der Waals surface area contributed by atoms with Crippen molar-refractivity contribution in [1.29, 1.82) is 0 Å². The first-order chi connectivity index (χ1) is 42.4. The summed E-state index contributed by atoms with van der Waals surface area (Å²) in [4.78, 5) is 76.4. The summed E-state index contributed by atoms with van der Waals surface area (Å²) in [5, 5.41) is 25.1. The Kier molecular flexibility index (Phi) is 35.6. The molecule has 2 amide bonds. The zero-order valence-electron chi connectivity index (χ0n) is 52.4. The molecule has 0 unspecified atom stereocenters. The largest absolute Gasteiger partial charge is 1.00 e. The molecule has 464 valence electrons. The van der Waals surface area contributed by atoms with Crippen molar-refractivity contribution in [1.82, 2.24) is 35.7 Å².